The largest absolute Gasteiger partial charge is 0.379 e. The van der Waals surface area contributed by atoms with Crippen molar-refractivity contribution in [3.63, 3.8) is 0 Å². The molecule has 0 spiro atoms. The fourth-order valence-corrected chi connectivity index (χ4v) is 3.98. The highest BCUT2D eigenvalue weighted by Gasteiger charge is 2.27. The summed E-state index contributed by atoms with van der Waals surface area (Å²) in [4.78, 5) is 12.4. The van der Waals surface area contributed by atoms with Crippen molar-refractivity contribution >= 4 is 27.5 Å². The van der Waals surface area contributed by atoms with Gasteiger partial charge in [0, 0.05) is 19.6 Å². The van der Waals surface area contributed by atoms with Gasteiger partial charge in [0.15, 0.2) is 0 Å². The second-order valence-electron chi connectivity index (χ2n) is 6.10. The van der Waals surface area contributed by atoms with Gasteiger partial charge >= 0.3 is 0 Å². The normalized spacial score (nSPS) is 16.3. The Kier molecular flexibility index (Phi) is 6.62. The Morgan fingerprint density at radius 1 is 1.33 bits per heavy atom. The summed E-state index contributed by atoms with van der Waals surface area (Å²) in [5.41, 5.74) is 0.176. The minimum absolute atomic E-state index is 0.0720. The number of rotatable bonds is 6. The number of carbonyl (C=O) groups is 1. The van der Waals surface area contributed by atoms with Crippen LogP contribution in [0.2, 0.25) is 5.02 Å². The topological polar surface area (TPSA) is 75.7 Å². The predicted octanol–water partition coefficient (Wildman–Crippen LogP) is 2.14. The average molecular weight is 375 g/mol. The molecule has 0 unspecified atom stereocenters. The van der Waals surface area contributed by atoms with Crippen LogP contribution in [0.5, 0.6) is 0 Å². The van der Waals surface area contributed by atoms with Crippen LogP contribution in [0.25, 0.3) is 0 Å². The van der Waals surface area contributed by atoms with Crippen LogP contribution in [0.15, 0.2) is 23.1 Å². The molecule has 1 N–H and O–H groups in total. The summed E-state index contributed by atoms with van der Waals surface area (Å²) >= 11 is 6.08. The van der Waals surface area contributed by atoms with Crippen molar-refractivity contribution in [2.45, 2.75) is 25.2 Å². The third-order valence-corrected chi connectivity index (χ3v) is 6.02. The molecule has 0 aliphatic carbocycles. The lowest BCUT2D eigenvalue weighted by Crippen LogP contribution is -2.40. The quantitative estimate of drug-likeness (QED) is 0.827. The van der Waals surface area contributed by atoms with E-state index < -0.39 is 10.0 Å². The Morgan fingerprint density at radius 3 is 2.62 bits per heavy atom. The standard InChI is InChI=1S/C16H23ClN2O4S/c1-12(2)5-6-18-16(20)14-11-13(3-4-15(14)17)24(21,22)19-7-9-23-10-8-19/h3-4,11-12H,5-10H2,1-2H3,(H,18,20). The van der Waals surface area contributed by atoms with Gasteiger partial charge in [-0.05, 0) is 30.5 Å². The van der Waals surface area contributed by atoms with Crippen LogP contribution in [0.3, 0.4) is 0 Å². The Labute approximate surface area is 148 Å². The number of morpholine rings is 1. The zero-order valence-electron chi connectivity index (χ0n) is 13.9. The number of nitrogens with zero attached hydrogens (tertiary/aromatic N) is 1. The van der Waals surface area contributed by atoms with E-state index in [0.717, 1.165) is 6.42 Å². The minimum Gasteiger partial charge on any atom is -0.379 e. The van der Waals surface area contributed by atoms with Crippen molar-refractivity contribution in [2.75, 3.05) is 32.8 Å². The molecule has 1 saturated heterocycles. The molecule has 24 heavy (non-hydrogen) atoms. The van der Waals surface area contributed by atoms with Crippen LogP contribution in [0, 0.1) is 5.92 Å². The van der Waals surface area contributed by atoms with Crippen molar-refractivity contribution in [1.82, 2.24) is 9.62 Å². The molecule has 0 aromatic heterocycles. The molecule has 2 rings (SSSR count). The first-order valence-corrected chi connectivity index (χ1v) is 9.80. The monoisotopic (exact) mass is 374 g/mol. The highest BCUT2D eigenvalue weighted by molar-refractivity contribution is 7.89. The molecule has 0 radical (unpaired) electrons. The third-order valence-electron chi connectivity index (χ3n) is 3.80. The Balaban J connectivity index is 2.19. The number of sulfonamides is 1. The molecule has 1 amide bonds. The van der Waals surface area contributed by atoms with Crippen molar-refractivity contribution in [2.24, 2.45) is 5.92 Å². The number of hydrogen-bond donors (Lipinski definition) is 1. The molecular weight excluding hydrogens is 352 g/mol. The molecule has 1 fully saturated rings. The van der Waals surface area contributed by atoms with Crippen LogP contribution < -0.4 is 5.32 Å². The molecule has 1 heterocycles. The van der Waals surface area contributed by atoms with E-state index in [-0.39, 0.29) is 21.4 Å². The van der Waals surface area contributed by atoms with Gasteiger partial charge in [-0.3, -0.25) is 4.79 Å². The van der Waals surface area contributed by atoms with Gasteiger partial charge in [0.05, 0.1) is 28.7 Å². The minimum atomic E-state index is -3.65. The number of benzene rings is 1. The van der Waals surface area contributed by atoms with E-state index in [2.05, 4.69) is 19.2 Å². The van der Waals surface area contributed by atoms with Gasteiger partial charge in [-0.2, -0.15) is 4.31 Å². The van der Waals surface area contributed by atoms with Crippen molar-refractivity contribution in [1.29, 1.82) is 0 Å². The maximum Gasteiger partial charge on any atom is 0.252 e. The fourth-order valence-electron chi connectivity index (χ4n) is 2.34. The van der Waals surface area contributed by atoms with Crippen LogP contribution in [0.4, 0.5) is 0 Å². The van der Waals surface area contributed by atoms with Gasteiger partial charge in [-0.25, -0.2) is 8.42 Å². The molecule has 1 aliphatic rings. The zero-order chi connectivity index (χ0) is 17.7. The highest BCUT2D eigenvalue weighted by Crippen LogP contribution is 2.23. The summed E-state index contributed by atoms with van der Waals surface area (Å²) in [5.74, 6) is 0.105. The number of ether oxygens (including phenoxy) is 1. The first kappa shape index (κ1) is 19.2. The Bertz CT molecular complexity index is 685. The van der Waals surface area contributed by atoms with E-state index in [0.29, 0.717) is 38.8 Å². The van der Waals surface area contributed by atoms with E-state index in [9.17, 15) is 13.2 Å². The van der Waals surface area contributed by atoms with Gasteiger partial charge in [-0.15, -0.1) is 0 Å². The van der Waals surface area contributed by atoms with E-state index in [4.69, 9.17) is 16.3 Å². The number of hydrogen-bond acceptors (Lipinski definition) is 4. The van der Waals surface area contributed by atoms with Crippen LogP contribution >= 0.6 is 11.6 Å². The molecule has 1 aromatic carbocycles. The first-order chi connectivity index (χ1) is 11.3. The van der Waals surface area contributed by atoms with Crippen molar-refractivity contribution in [3.8, 4) is 0 Å². The molecular formula is C16H23ClN2O4S. The second-order valence-corrected chi connectivity index (χ2v) is 8.44. The third kappa shape index (κ3) is 4.69. The molecule has 134 valence electrons. The van der Waals surface area contributed by atoms with E-state index in [1.807, 2.05) is 0 Å². The molecule has 0 saturated carbocycles. The fraction of sp³-hybridized carbons (Fsp3) is 0.562. The van der Waals surface area contributed by atoms with Crippen molar-refractivity contribution < 1.29 is 17.9 Å². The number of halogens is 1. The SMILES string of the molecule is CC(C)CCNC(=O)c1cc(S(=O)(=O)N2CCOCC2)ccc1Cl. The Morgan fingerprint density at radius 2 is 2.00 bits per heavy atom. The van der Waals surface area contributed by atoms with Gasteiger partial charge in [-0.1, -0.05) is 25.4 Å². The zero-order valence-corrected chi connectivity index (χ0v) is 15.5. The summed E-state index contributed by atoms with van der Waals surface area (Å²) in [6.07, 6.45) is 0.842. The summed E-state index contributed by atoms with van der Waals surface area (Å²) in [5, 5.41) is 3.01. The smallest absolute Gasteiger partial charge is 0.252 e. The number of amides is 1. The maximum atomic E-state index is 12.7. The molecule has 1 aromatic rings. The molecule has 0 bridgehead atoms. The van der Waals surface area contributed by atoms with E-state index in [1.54, 1.807) is 0 Å². The predicted molar refractivity (Wildman–Crippen MR) is 92.8 cm³/mol. The lowest BCUT2D eigenvalue weighted by atomic mass is 10.1. The summed E-state index contributed by atoms with van der Waals surface area (Å²) in [6.45, 7) is 6.00. The van der Waals surface area contributed by atoms with Gasteiger partial charge in [0.25, 0.3) is 5.91 Å². The van der Waals surface area contributed by atoms with Gasteiger partial charge < -0.3 is 10.1 Å². The number of carbonyl (C=O) groups excluding carboxylic acids is 1. The van der Waals surface area contributed by atoms with Crippen LogP contribution in [-0.4, -0.2) is 51.5 Å². The lowest BCUT2D eigenvalue weighted by Gasteiger charge is -2.26. The average Bonchev–Trinajstić information content (AvgIpc) is 2.55. The second kappa shape index (κ2) is 8.29. The molecule has 0 atom stereocenters. The summed E-state index contributed by atoms with van der Waals surface area (Å²) < 4.78 is 31.9. The molecule has 8 heteroatoms. The maximum absolute atomic E-state index is 12.7. The lowest BCUT2D eigenvalue weighted by molar-refractivity contribution is 0.0730. The summed E-state index contributed by atoms with van der Waals surface area (Å²) in [6, 6.07) is 4.22. The molecule has 1 aliphatic heterocycles. The molecule has 6 nitrogen and oxygen atoms in total. The first-order valence-electron chi connectivity index (χ1n) is 7.98. The van der Waals surface area contributed by atoms with Crippen molar-refractivity contribution in [3.05, 3.63) is 28.8 Å². The van der Waals surface area contributed by atoms with E-state index >= 15 is 0 Å². The van der Waals surface area contributed by atoms with Gasteiger partial charge in [0.1, 0.15) is 0 Å². The van der Waals surface area contributed by atoms with Crippen LogP contribution in [0.1, 0.15) is 30.6 Å². The number of nitrogens with one attached hydrogen (secondary N) is 1. The highest BCUT2D eigenvalue weighted by atomic mass is 35.5. The van der Waals surface area contributed by atoms with Crippen LogP contribution in [-0.2, 0) is 14.8 Å². The van der Waals surface area contributed by atoms with E-state index in [1.165, 1.54) is 22.5 Å². The summed E-state index contributed by atoms with van der Waals surface area (Å²) in [7, 11) is -3.65. The Hall–Kier alpha value is -1.15. The van der Waals surface area contributed by atoms with Gasteiger partial charge in [0.2, 0.25) is 10.0 Å².